The average Bonchev–Trinajstić information content (AvgIpc) is 3.00. The number of nitrogens with zero attached hydrogens (tertiary/aromatic N) is 3. The molecule has 2 aliphatic rings. The van der Waals surface area contributed by atoms with Crippen LogP contribution in [0.2, 0.25) is 0 Å². The van der Waals surface area contributed by atoms with Crippen LogP contribution >= 0.6 is 15.9 Å². The number of carbonyl (C=O) groups excluding carboxylic acids is 1. The zero-order valence-electron chi connectivity index (χ0n) is 14.2. The highest BCUT2D eigenvalue weighted by atomic mass is 79.9. The number of carbonyl (C=O) groups is 1. The lowest BCUT2D eigenvalue weighted by Crippen LogP contribution is -2.40. The maximum Gasteiger partial charge on any atom is 0.256 e. The zero-order chi connectivity index (χ0) is 18.1. The first-order valence-corrected chi connectivity index (χ1v) is 9.55. The standard InChI is InChI=1S/C20H18BrN3O2/c21-19-9-17(4-1-13(19)10-22)26-16-5-2-15(3-6-16)24-12-14-7-8-23-11-18(14)20(24)25/h1,4,7-9,11,15-16H,2-3,5-6,12H2. The summed E-state index contributed by atoms with van der Waals surface area (Å²) in [5, 5.41) is 8.99. The quantitative estimate of drug-likeness (QED) is 0.763. The molecule has 0 radical (unpaired) electrons. The molecule has 2 aromatic rings. The SMILES string of the molecule is N#Cc1ccc(OC2CCC(N3Cc4ccncc4C3=O)CC2)cc1Br. The van der Waals surface area contributed by atoms with Gasteiger partial charge in [0.25, 0.3) is 5.91 Å². The third kappa shape index (κ3) is 3.19. The maximum atomic E-state index is 12.6. The molecular formula is C20H18BrN3O2. The van der Waals surface area contributed by atoms with E-state index in [9.17, 15) is 4.79 Å². The van der Waals surface area contributed by atoms with Crippen molar-refractivity contribution in [3.8, 4) is 11.8 Å². The van der Waals surface area contributed by atoms with Crippen LogP contribution in [0.5, 0.6) is 5.75 Å². The summed E-state index contributed by atoms with van der Waals surface area (Å²) in [5.74, 6) is 0.878. The molecule has 1 saturated carbocycles. The number of fused-ring (bicyclic) bond motifs is 1. The molecule has 1 aromatic carbocycles. The third-order valence-electron chi connectivity index (χ3n) is 5.19. The highest BCUT2D eigenvalue weighted by molar-refractivity contribution is 9.10. The summed E-state index contributed by atoms with van der Waals surface area (Å²) in [4.78, 5) is 18.6. The van der Waals surface area contributed by atoms with Crippen LogP contribution in [-0.4, -0.2) is 27.9 Å². The molecule has 4 rings (SSSR count). The first kappa shape index (κ1) is 17.0. The van der Waals surface area contributed by atoms with Crippen molar-refractivity contribution >= 4 is 21.8 Å². The molecule has 0 bridgehead atoms. The van der Waals surface area contributed by atoms with Crippen LogP contribution in [0.25, 0.3) is 0 Å². The number of amides is 1. The Bertz CT molecular complexity index is 885. The van der Waals surface area contributed by atoms with Gasteiger partial charge in [-0.05, 0) is 71.4 Å². The second-order valence-corrected chi connectivity index (χ2v) is 7.62. The molecule has 1 aromatic heterocycles. The summed E-state index contributed by atoms with van der Waals surface area (Å²) in [5.41, 5.74) is 2.42. The van der Waals surface area contributed by atoms with Crippen LogP contribution in [0.4, 0.5) is 0 Å². The molecule has 6 heteroatoms. The first-order chi connectivity index (χ1) is 12.7. The van der Waals surface area contributed by atoms with Gasteiger partial charge >= 0.3 is 0 Å². The van der Waals surface area contributed by atoms with E-state index in [1.165, 1.54) is 0 Å². The van der Waals surface area contributed by atoms with Crippen molar-refractivity contribution < 1.29 is 9.53 Å². The minimum absolute atomic E-state index is 0.105. The van der Waals surface area contributed by atoms with Gasteiger partial charge in [0.05, 0.1) is 17.2 Å². The molecule has 0 N–H and O–H groups in total. The van der Waals surface area contributed by atoms with Crippen molar-refractivity contribution in [2.75, 3.05) is 0 Å². The Morgan fingerprint density at radius 2 is 2.04 bits per heavy atom. The molecule has 132 valence electrons. The highest BCUT2D eigenvalue weighted by Crippen LogP contribution is 2.32. The fourth-order valence-electron chi connectivity index (χ4n) is 3.79. The number of ether oxygens (including phenoxy) is 1. The second kappa shape index (κ2) is 7.08. The Morgan fingerprint density at radius 1 is 1.23 bits per heavy atom. The molecule has 5 nitrogen and oxygen atoms in total. The third-order valence-corrected chi connectivity index (χ3v) is 5.85. The van der Waals surface area contributed by atoms with E-state index in [0.717, 1.165) is 47.0 Å². The van der Waals surface area contributed by atoms with Crippen LogP contribution in [0.1, 0.15) is 47.2 Å². The fourth-order valence-corrected chi connectivity index (χ4v) is 4.23. The van der Waals surface area contributed by atoms with E-state index >= 15 is 0 Å². The summed E-state index contributed by atoms with van der Waals surface area (Å²) < 4.78 is 6.83. The van der Waals surface area contributed by atoms with Crippen molar-refractivity contribution in [2.24, 2.45) is 0 Å². The predicted octanol–water partition coefficient (Wildman–Crippen LogP) is 4.06. The van der Waals surface area contributed by atoms with Crippen molar-refractivity contribution in [3.63, 3.8) is 0 Å². The Balaban J connectivity index is 1.36. The van der Waals surface area contributed by atoms with E-state index in [0.29, 0.717) is 12.1 Å². The number of benzene rings is 1. The summed E-state index contributed by atoms with van der Waals surface area (Å²) in [6.07, 6.45) is 7.28. The molecular weight excluding hydrogens is 394 g/mol. The predicted molar refractivity (Wildman–Crippen MR) is 99.6 cm³/mol. The van der Waals surface area contributed by atoms with E-state index in [2.05, 4.69) is 27.0 Å². The van der Waals surface area contributed by atoms with Crippen LogP contribution < -0.4 is 4.74 Å². The van der Waals surface area contributed by atoms with Gasteiger partial charge in [-0.1, -0.05) is 0 Å². The first-order valence-electron chi connectivity index (χ1n) is 8.76. The topological polar surface area (TPSA) is 66.2 Å². The monoisotopic (exact) mass is 411 g/mol. The molecule has 0 saturated heterocycles. The Kier molecular flexibility index (Phi) is 4.64. The number of nitriles is 1. The molecule has 0 spiro atoms. The normalized spacial score (nSPS) is 22.0. The van der Waals surface area contributed by atoms with Gasteiger partial charge in [-0.15, -0.1) is 0 Å². The van der Waals surface area contributed by atoms with E-state index < -0.39 is 0 Å². The van der Waals surface area contributed by atoms with E-state index in [-0.39, 0.29) is 18.1 Å². The lowest BCUT2D eigenvalue weighted by molar-refractivity contribution is 0.0561. The van der Waals surface area contributed by atoms with E-state index in [1.54, 1.807) is 18.5 Å². The number of aromatic nitrogens is 1. The summed E-state index contributed by atoms with van der Waals surface area (Å²) >= 11 is 3.40. The zero-order valence-corrected chi connectivity index (χ0v) is 15.8. The van der Waals surface area contributed by atoms with Gasteiger partial charge in [0.2, 0.25) is 0 Å². The second-order valence-electron chi connectivity index (χ2n) is 6.77. The van der Waals surface area contributed by atoms with Crippen LogP contribution in [0, 0.1) is 11.3 Å². The number of rotatable bonds is 3. The minimum atomic E-state index is 0.105. The number of halogens is 1. The molecule has 26 heavy (non-hydrogen) atoms. The summed E-state index contributed by atoms with van der Waals surface area (Å²) in [7, 11) is 0. The van der Waals surface area contributed by atoms with Gasteiger partial charge in [-0.2, -0.15) is 5.26 Å². The molecule has 1 amide bonds. The molecule has 0 atom stereocenters. The van der Waals surface area contributed by atoms with Gasteiger partial charge in [0.15, 0.2) is 0 Å². The van der Waals surface area contributed by atoms with Crippen molar-refractivity contribution in [2.45, 2.75) is 44.4 Å². The van der Waals surface area contributed by atoms with Crippen LogP contribution in [0.3, 0.4) is 0 Å². The number of hydrogen-bond donors (Lipinski definition) is 0. The Morgan fingerprint density at radius 3 is 2.73 bits per heavy atom. The lowest BCUT2D eigenvalue weighted by Gasteiger charge is -2.34. The average molecular weight is 412 g/mol. The van der Waals surface area contributed by atoms with Crippen LogP contribution in [-0.2, 0) is 6.54 Å². The van der Waals surface area contributed by atoms with Crippen molar-refractivity contribution in [1.82, 2.24) is 9.88 Å². The Hall–Kier alpha value is -2.39. The summed E-state index contributed by atoms with van der Waals surface area (Å²) in [6, 6.07) is 9.78. The minimum Gasteiger partial charge on any atom is -0.490 e. The van der Waals surface area contributed by atoms with E-state index in [1.807, 2.05) is 23.1 Å². The van der Waals surface area contributed by atoms with Gasteiger partial charge in [0, 0.05) is 29.5 Å². The lowest BCUT2D eigenvalue weighted by atomic mass is 9.92. The summed E-state index contributed by atoms with van der Waals surface area (Å²) in [6.45, 7) is 0.690. The smallest absolute Gasteiger partial charge is 0.256 e. The van der Waals surface area contributed by atoms with Gasteiger partial charge < -0.3 is 9.64 Å². The van der Waals surface area contributed by atoms with Crippen molar-refractivity contribution in [1.29, 1.82) is 5.26 Å². The van der Waals surface area contributed by atoms with Crippen molar-refractivity contribution in [3.05, 3.63) is 57.8 Å². The van der Waals surface area contributed by atoms with Crippen LogP contribution in [0.15, 0.2) is 41.1 Å². The Labute approximate surface area is 160 Å². The molecule has 1 aliphatic carbocycles. The highest BCUT2D eigenvalue weighted by Gasteiger charge is 2.35. The number of pyridine rings is 1. The molecule has 2 heterocycles. The van der Waals surface area contributed by atoms with Gasteiger partial charge in [-0.3, -0.25) is 9.78 Å². The van der Waals surface area contributed by atoms with E-state index in [4.69, 9.17) is 10.00 Å². The maximum absolute atomic E-state index is 12.6. The molecule has 1 aliphatic heterocycles. The largest absolute Gasteiger partial charge is 0.490 e. The van der Waals surface area contributed by atoms with Gasteiger partial charge in [-0.25, -0.2) is 0 Å². The molecule has 1 fully saturated rings. The molecule has 0 unspecified atom stereocenters. The van der Waals surface area contributed by atoms with Gasteiger partial charge in [0.1, 0.15) is 11.8 Å². The fraction of sp³-hybridized carbons (Fsp3) is 0.350. The number of hydrogen-bond acceptors (Lipinski definition) is 4.